The third kappa shape index (κ3) is 3.26. The summed E-state index contributed by atoms with van der Waals surface area (Å²) in [4.78, 5) is 0. The van der Waals surface area contributed by atoms with Crippen LogP contribution in [0.15, 0.2) is 34.8 Å². The van der Waals surface area contributed by atoms with E-state index >= 15 is 0 Å². The molecule has 3 N–H and O–H groups in total. The van der Waals surface area contributed by atoms with Gasteiger partial charge in [0.1, 0.15) is 11.6 Å². The first kappa shape index (κ1) is 15.9. The van der Waals surface area contributed by atoms with E-state index < -0.39 is 6.04 Å². The average Bonchev–Trinajstić information content (AvgIpc) is 2.43. The zero-order valence-electron chi connectivity index (χ0n) is 12.2. The molecule has 0 bridgehead atoms. The van der Waals surface area contributed by atoms with Gasteiger partial charge in [-0.1, -0.05) is 22.0 Å². The van der Waals surface area contributed by atoms with Crippen LogP contribution >= 0.6 is 15.9 Å². The van der Waals surface area contributed by atoms with Gasteiger partial charge in [0.05, 0.1) is 13.2 Å². The number of rotatable bonds is 4. The molecule has 1 unspecified atom stereocenters. The molecular formula is C16H18BrFN2O. The predicted molar refractivity (Wildman–Crippen MR) is 85.7 cm³/mol. The van der Waals surface area contributed by atoms with Crippen molar-refractivity contribution in [1.29, 1.82) is 0 Å². The molecule has 2 rings (SSSR count). The molecule has 0 aliphatic carbocycles. The molecule has 2 aromatic rings. The Hall–Kier alpha value is -1.43. The van der Waals surface area contributed by atoms with Crippen LogP contribution in [0.1, 0.15) is 28.3 Å². The van der Waals surface area contributed by atoms with Gasteiger partial charge in [-0.2, -0.15) is 0 Å². The van der Waals surface area contributed by atoms with Crippen molar-refractivity contribution in [3.63, 3.8) is 0 Å². The Kier molecular flexibility index (Phi) is 4.98. The van der Waals surface area contributed by atoms with Gasteiger partial charge in [-0.15, -0.1) is 0 Å². The van der Waals surface area contributed by atoms with Crippen LogP contribution in [-0.4, -0.2) is 7.11 Å². The third-order valence-corrected chi connectivity index (χ3v) is 4.17. The van der Waals surface area contributed by atoms with Crippen molar-refractivity contribution in [2.24, 2.45) is 5.84 Å². The quantitative estimate of drug-likeness (QED) is 0.650. The van der Waals surface area contributed by atoms with Crippen LogP contribution in [0.2, 0.25) is 0 Å². The summed E-state index contributed by atoms with van der Waals surface area (Å²) in [6.45, 7) is 3.75. The average molecular weight is 353 g/mol. The topological polar surface area (TPSA) is 47.3 Å². The maximum absolute atomic E-state index is 14.4. The highest BCUT2D eigenvalue weighted by Gasteiger charge is 2.22. The summed E-state index contributed by atoms with van der Waals surface area (Å²) in [6.07, 6.45) is 0. The lowest BCUT2D eigenvalue weighted by atomic mass is 9.93. The minimum Gasteiger partial charge on any atom is -0.497 e. The molecule has 0 spiro atoms. The van der Waals surface area contributed by atoms with Gasteiger partial charge < -0.3 is 4.74 Å². The van der Waals surface area contributed by atoms with Gasteiger partial charge in [-0.25, -0.2) is 9.82 Å². The van der Waals surface area contributed by atoms with Gasteiger partial charge in [0.15, 0.2) is 0 Å². The van der Waals surface area contributed by atoms with Crippen LogP contribution in [0.4, 0.5) is 4.39 Å². The number of hydrazine groups is 1. The molecule has 5 heteroatoms. The van der Waals surface area contributed by atoms with Gasteiger partial charge in [0.25, 0.3) is 0 Å². The Labute approximate surface area is 132 Å². The molecule has 1 atom stereocenters. The maximum Gasteiger partial charge on any atom is 0.128 e. The molecule has 0 aromatic heterocycles. The number of nitrogens with one attached hydrogen (secondary N) is 1. The first-order valence-corrected chi connectivity index (χ1v) is 7.33. The van der Waals surface area contributed by atoms with Crippen LogP contribution in [0.5, 0.6) is 5.75 Å². The number of methoxy groups -OCH3 is 1. The van der Waals surface area contributed by atoms with E-state index in [1.54, 1.807) is 7.11 Å². The SMILES string of the molecule is COc1ccc(Br)c(C(NN)c2c(C)cc(C)cc2F)c1. The fourth-order valence-corrected chi connectivity index (χ4v) is 2.97. The molecule has 0 radical (unpaired) electrons. The van der Waals surface area contributed by atoms with Crippen LogP contribution in [0.3, 0.4) is 0 Å². The third-order valence-electron chi connectivity index (χ3n) is 3.45. The van der Waals surface area contributed by atoms with E-state index in [-0.39, 0.29) is 5.82 Å². The number of hydrogen-bond acceptors (Lipinski definition) is 3. The highest BCUT2D eigenvalue weighted by atomic mass is 79.9. The maximum atomic E-state index is 14.4. The lowest BCUT2D eigenvalue weighted by Crippen LogP contribution is -2.30. The van der Waals surface area contributed by atoms with E-state index in [2.05, 4.69) is 21.4 Å². The van der Waals surface area contributed by atoms with Crippen molar-refractivity contribution in [2.45, 2.75) is 19.9 Å². The molecule has 0 heterocycles. The summed E-state index contributed by atoms with van der Waals surface area (Å²) in [5.74, 6) is 6.11. The molecule has 0 saturated carbocycles. The largest absolute Gasteiger partial charge is 0.497 e. The number of nitrogens with two attached hydrogens (primary N) is 1. The van der Waals surface area contributed by atoms with E-state index in [9.17, 15) is 4.39 Å². The summed E-state index contributed by atoms with van der Waals surface area (Å²) in [5.41, 5.74) is 5.80. The predicted octanol–water partition coefficient (Wildman–Crippen LogP) is 3.77. The van der Waals surface area contributed by atoms with Gasteiger partial charge in [-0.3, -0.25) is 5.84 Å². The van der Waals surface area contributed by atoms with E-state index in [1.807, 2.05) is 38.1 Å². The minimum absolute atomic E-state index is 0.273. The highest BCUT2D eigenvalue weighted by molar-refractivity contribution is 9.10. The first-order chi connectivity index (χ1) is 9.97. The van der Waals surface area contributed by atoms with Gasteiger partial charge in [0.2, 0.25) is 0 Å². The smallest absolute Gasteiger partial charge is 0.128 e. The second kappa shape index (κ2) is 6.56. The molecule has 0 amide bonds. The fourth-order valence-electron chi connectivity index (χ4n) is 2.49. The van der Waals surface area contributed by atoms with E-state index in [0.29, 0.717) is 11.3 Å². The summed E-state index contributed by atoms with van der Waals surface area (Å²) in [7, 11) is 1.59. The van der Waals surface area contributed by atoms with E-state index in [4.69, 9.17) is 10.6 Å². The zero-order chi connectivity index (χ0) is 15.6. The van der Waals surface area contributed by atoms with Gasteiger partial charge in [-0.05, 0) is 54.8 Å². The molecular weight excluding hydrogens is 335 g/mol. The van der Waals surface area contributed by atoms with Crippen LogP contribution < -0.4 is 16.0 Å². The van der Waals surface area contributed by atoms with Crippen molar-refractivity contribution in [3.05, 3.63) is 62.9 Å². The Balaban J connectivity index is 2.60. The zero-order valence-corrected chi connectivity index (χ0v) is 13.8. The minimum atomic E-state index is -0.463. The molecule has 0 aliphatic rings. The Morgan fingerprint density at radius 1 is 1.24 bits per heavy atom. The fraction of sp³-hybridized carbons (Fsp3) is 0.250. The van der Waals surface area contributed by atoms with Crippen LogP contribution in [-0.2, 0) is 0 Å². The van der Waals surface area contributed by atoms with E-state index in [0.717, 1.165) is 21.2 Å². The van der Waals surface area contributed by atoms with Gasteiger partial charge >= 0.3 is 0 Å². The van der Waals surface area contributed by atoms with Crippen LogP contribution in [0.25, 0.3) is 0 Å². The monoisotopic (exact) mass is 352 g/mol. The molecule has 3 nitrogen and oxygen atoms in total. The Bertz CT molecular complexity index is 638. The molecule has 21 heavy (non-hydrogen) atoms. The number of benzene rings is 2. The molecule has 0 aliphatic heterocycles. The molecule has 112 valence electrons. The first-order valence-electron chi connectivity index (χ1n) is 6.54. The van der Waals surface area contributed by atoms with Crippen molar-refractivity contribution >= 4 is 15.9 Å². The van der Waals surface area contributed by atoms with Gasteiger partial charge in [0, 0.05) is 10.0 Å². The molecule has 0 saturated heterocycles. The summed E-state index contributed by atoms with van der Waals surface area (Å²) >= 11 is 3.49. The van der Waals surface area contributed by atoms with E-state index in [1.165, 1.54) is 6.07 Å². The van der Waals surface area contributed by atoms with Crippen molar-refractivity contribution < 1.29 is 9.13 Å². The Morgan fingerprint density at radius 2 is 1.95 bits per heavy atom. The summed E-state index contributed by atoms with van der Waals surface area (Å²) in [5, 5.41) is 0. The molecule has 0 fully saturated rings. The van der Waals surface area contributed by atoms with Crippen molar-refractivity contribution in [2.75, 3.05) is 7.11 Å². The number of halogens is 2. The Morgan fingerprint density at radius 3 is 2.52 bits per heavy atom. The normalized spacial score (nSPS) is 12.3. The second-order valence-corrected chi connectivity index (χ2v) is 5.82. The summed E-state index contributed by atoms with van der Waals surface area (Å²) < 4.78 is 20.5. The lowest BCUT2D eigenvalue weighted by Gasteiger charge is -2.22. The van der Waals surface area contributed by atoms with Crippen molar-refractivity contribution in [3.8, 4) is 5.75 Å². The molecule has 2 aromatic carbocycles. The highest BCUT2D eigenvalue weighted by Crippen LogP contribution is 2.34. The number of ether oxygens (including phenoxy) is 1. The van der Waals surface area contributed by atoms with Crippen LogP contribution in [0, 0.1) is 19.7 Å². The summed E-state index contributed by atoms with van der Waals surface area (Å²) in [6, 6.07) is 8.53. The standard InChI is InChI=1S/C16H18BrFN2O/c1-9-6-10(2)15(14(18)7-9)16(20-19)12-8-11(21-3)4-5-13(12)17/h4-8,16,20H,19H2,1-3H3. The second-order valence-electron chi connectivity index (χ2n) is 4.96. The number of hydrogen-bond donors (Lipinski definition) is 2. The van der Waals surface area contributed by atoms with Crippen molar-refractivity contribution in [1.82, 2.24) is 5.43 Å². The lowest BCUT2D eigenvalue weighted by molar-refractivity contribution is 0.413. The number of aryl methyl sites for hydroxylation is 2.